The molecule has 1 aliphatic rings. The molecule has 76 valence electrons. The molecule has 1 unspecified atom stereocenters. The van der Waals surface area contributed by atoms with Gasteiger partial charge in [-0.25, -0.2) is 4.98 Å². The Balaban J connectivity index is 1.88. The van der Waals surface area contributed by atoms with E-state index in [-0.39, 0.29) is 0 Å². The second kappa shape index (κ2) is 4.75. The Labute approximate surface area is 92.4 Å². The highest BCUT2D eigenvalue weighted by molar-refractivity contribution is 9.10. The minimum absolute atomic E-state index is 0.740. The molecule has 14 heavy (non-hydrogen) atoms. The summed E-state index contributed by atoms with van der Waals surface area (Å²) in [6, 6.07) is 3.93. The quantitative estimate of drug-likeness (QED) is 0.866. The van der Waals surface area contributed by atoms with E-state index < -0.39 is 0 Å². The van der Waals surface area contributed by atoms with Crippen LogP contribution in [0.5, 0.6) is 0 Å². The lowest BCUT2D eigenvalue weighted by atomic mass is 10.1. The largest absolute Gasteiger partial charge is 0.369 e. The first kappa shape index (κ1) is 9.93. The first-order chi connectivity index (χ1) is 6.86. The first-order valence-corrected chi connectivity index (χ1v) is 5.70. The molecule has 3 nitrogen and oxygen atoms in total. The second-order valence-corrected chi connectivity index (χ2v) is 4.43. The molecule has 0 aromatic carbocycles. The van der Waals surface area contributed by atoms with E-state index in [1.807, 2.05) is 12.1 Å². The van der Waals surface area contributed by atoms with Crippen LogP contribution in [0.15, 0.2) is 22.8 Å². The van der Waals surface area contributed by atoms with Crippen molar-refractivity contribution >= 4 is 21.7 Å². The third-order valence-corrected chi connectivity index (χ3v) is 3.12. The van der Waals surface area contributed by atoms with Gasteiger partial charge in [0.05, 0.1) is 4.47 Å². The number of nitrogens with zero attached hydrogens (tertiary/aromatic N) is 1. The van der Waals surface area contributed by atoms with Gasteiger partial charge in [-0.3, -0.25) is 0 Å². The summed E-state index contributed by atoms with van der Waals surface area (Å²) in [6.45, 7) is 3.27. The SMILES string of the molecule is Brc1cccnc1NCC1CCNC1. The van der Waals surface area contributed by atoms with E-state index in [1.54, 1.807) is 6.20 Å². The molecular weight excluding hydrogens is 242 g/mol. The zero-order chi connectivity index (χ0) is 9.80. The van der Waals surface area contributed by atoms with E-state index in [9.17, 15) is 0 Å². The normalized spacial score (nSPS) is 21.1. The van der Waals surface area contributed by atoms with E-state index >= 15 is 0 Å². The highest BCUT2D eigenvalue weighted by Crippen LogP contribution is 2.19. The fourth-order valence-electron chi connectivity index (χ4n) is 1.65. The van der Waals surface area contributed by atoms with Crippen molar-refractivity contribution in [3.63, 3.8) is 0 Å². The molecule has 1 aromatic heterocycles. The summed E-state index contributed by atoms with van der Waals surface area (Å²) in [7, 11) is 0. The molecule has 0 saturated carbocycles. The summed E-state index contributed by atoms with van der Waals surface area (Å²) in [5.41, 5.74) is 0. The highest BCUT2D eigenvalue weighted by atomic mass is 79.9. The fourth-order valence-corrected chi connectivity index (χ4v) is 2.04. The van der Waals surface area contributed by atoms with Crippen LogP contribution in [0.3, 0.4) is 0 Å². The van der Waals surface area contributed by atoms with Crippen LogP contribution in [-0.2, 0) is 0 Å². The van der Waals surface area contributed by atoms with Gasteiger partial charge in [0.2, 0.25) is 0 Å². The van der Waals surface area contributed by atoms with Crippen LogP contribution < -0.4 is 10.6 Å². The van der Waals surface area contributed by atoms with Crippen LogP contribution in [-0.4, -0.2) is 24.6 Å². The molecule has 1 aliphatic heterocycles. The van der Waals surface area contributed by atoms with Crippen molar-refractivity contribution in [1.29, 1.82) is 0 Å². The van der Waals surface area contributed by atoms with Crippen LogP contribution in [0.4, 0.5) is 5.82 Å². The molecule has 1 aromatic rings. The topological polar surface area (TPSA) is 37.0 Å². The molecule has 0 bridgehead atoms. The van der Waals surface area contributed by atoms with Gasteiger partial charge in [0.1, 0.15) is 5.82 Å². The van der Waals surface area contributed by atoms with Gasteiger partial charge >= 0.3 is 0 Å². The van der Waals surface area contributed by atoms with Crippen LogP contribution >= 0.6 is 15.9 Å². The van der Waals surface area contributed by atoms with Crippen molar-refractivity contribution in [3.05, 3.63) is 22.8 Å². The van der Waals surface area contributed by atoms with Crippen LogP contribution in [0.1, 0.15) is 6.42 Å². The van der Waals surface area contributed by atoms with Gasteiger partial charge in [-0.2, -0.15) is 0 Å². The molecule has 1 atom stereocenters. The Hall–Kier alpha value is -0.610. The zero-order valence-electron chi connectivity index (χ0n) is 7.96. The minimum atomic E-state index is 0.740. The predicted molar refractivity (Wildman–Crippen MR) is 61.4 cm³/mol. The first-order valence-electron chi connectivity index (χ1n) is 4.91. The van der Waals surface area contributed by atoms with Crippen molar-refractivity contribution in [2.24, 2.45) is 5.92 Å². The fraction of sp³-hybridized carbons (Fsp3) is 0.500. The van der Waals surface area contributed by atoms with E-state index in [2.05, 4.69) is 31.5 Å². The molecule has 2 rings (SSSR count). The zero-order valence-corrected chi connectivity index (χ0v) is 9.55. The lowest BCUT2D eigenvalue weighted by Gasteiger charge is -2.11. The van der Waals surface area contributed by atoms with Gasteiger partial charge in [-0.05, 0) is 53.5 Å². The number of anilines is 1. The van der Waals surface area contributed by atoms with E-state index in [0.717, 1.165) is 35.8 Å². The van der Waals surface area contributed by atoms with Crippen molar-refractivity contribution < 1.29 is 0 Å². The second-order valence-electron chi connectivity index (χ2n) is 3.57. The number of pyridine rings is 1. The highest BCUT2D eigenvalue weighted by Gasteiger charge is 2.14. The number of nitrogens with one attached hydrogen (secondary N) is 2. The maximum Gasteiger partial charge on any atom is 0.140 e. The van der Waals surface area contributed by atoms with Gasteiger partial charge < -0.3 is 10.6 Å². The molecule has 0 aliphatic carbocycles. The predicted octanol–water partition coefficient (Wildman–Crippen LogP) is 1.87. The molecule has 0 amide bonds. The van der Waals surface area contributed by atoms with Crippen LogP contribution in [0, 0.1) is 5.92 Å². The molecule has 2 heterocycles. The van der Waals surface area contributed by atoms with Crippen molar-refractivity contribution in [2.75, 3.05) is 25.0 Å². The van der Waals surface area contributed by atoms with Crippen LogP contribution in [0.2, 0.25) is 0 Å². The average molecular weight is 256 g/mol. The smallest absolute Gasteiger partial charge is 0.140 e. The molecule has 2 N–H and O–H groups in total. The van der Waals surface area contributed by atoms with Crippen molar-refractivity contribution in [1.82, 2.24) is 10.3 Å². The number of hydrogen-bond donors (Lipinski definition) is 2. The molecule has 1 saturated heterocycles. The Morgan fingerprint density at radius 1 is 1.64 bits per heavy atom. The summed E-state index contributed by atoms with van der Waals surface area (Å²) in [4.78, 5) is 4.26. The van der Waals surface area contributed by atoms with Crippen molar-refractivity contribution in [2.45, 2.75) is 6.42 Å². The van der Waals surface area contributed by atoms with Gasteiger partial charge in [-0.1, -0.05) is 0 Å². The maximum atomic E-state index is 4.26. The molecular formula is C10H14BrN3. The summed E-state index contributed by atoms with van der Waals surface area (Å²) >= 11 is 3.47. The minimum Gasteiger partial charge on any atom is -0.369 e. The molecule has 0 spiro atoms. The lowest BCUT2D eigenvalue weighted by Crippen LogP contribution is -2.17. The summed E-state index contributed by atoms with van der Waals surface area (Å²) in [5.74, 6) is 1.68. The lowest BCUT2D eigenvalue weighted by molar-refractivity contribution is 0.614. The molecule has 1 fully saturated rings. The molecule has 4 heteroatoms. The Bertz CT molecular complexity index is 297. The van der Waals surface area contributed by atoms with Crippen LogP contribution in [0.25, 0.3) is 0 Å². The van der Waals surface area contributed by atoms with E-state index in [0.29, 0.717) is 0 Å². The Morgan fingerprint density at radius 2 is 2.57 bits per heavy atom. The number of aromatic nitrogens is 1. The number of rotatable bonds is 3. The summed E-state index contributed by atoms with van der Waals surface area (Å²) in [6.07, 6.45) is 3.07. The third-order valence-electron chi connectivity index (χ3n) is 2.48. The summed E-state index contributed by atoms with van der Waals surface area (Å²) < 4.78 is 1.03. The van der Waals surface area contributed by atoms with Gasteiger partial charge in [-0.15, -0.1) is 0 Å². The number of hydrogen-bond acceptors (Lipinski definition) is 3. The molecule has 0 radical (unpaired) electrons. The van der Waals surface area contributed by atoms with Crippen molar-refractivity contribution in [3.8, 4) is 0 Å². The average Bonchev–Trinajstić information content (AvgIpc) is 2.69. The monoisotopic (exact) mass is 255 g/mol. The van der Waals surface area contributed by atoms with E-state index in [1.165, 1.54) is 6.42 Å². The Kier molecular flexibility index (Phi) is 3.37. The third kappa shape index (κ3) is 2.45. The van der Waals surface area contributed by atoms with Gasteiger partial charge in [0.15, 0.2) is 0 Å². The maximum absolute atomic E-state index is 4.26. The van der Waals surface area contributed by atoms with E-state index in [4.69, 9.17) is 0 Å². The standard InChI is InChI=1S/C10H14BrN3/c11-9-2-1-4-13-10(9)14-7-8-3-5-12-6-8/h1-2,4,8,12H,3,5-7H2,(H,13,14). The van der Waals surface area contributed by atoms with Gasteiger partial charge in [0, 0.05) is 12.7 Å². The number of halogens is 1. The Morgan fingerprint density at radius 3 is 3.29 bits per heavy atom. The summed E-state index contributed by atoms with van der Waals surface area (Å²) in [5, 5.41) is 6.71. The van der Waals surface area contributed by atoms with Gasteiger partial charge in [0.25, 0.3) is 0 Å².